The van der Waals surface area contributed by atoms with Crippen LogP contribution in [-0.2, 0) is 6.54 Å². The van der Waals surface area contributed by atoms with Crippen molar-refractivity contribution in [2.45, 2.75) is 18.8 Å². The van der Waals surface area contributed by atoms with E-state index >= 15 is 0 Å². The highest BCUT2D eigenvalue weighted by molar-refractivity contribution is 5.67. The molecule has 1 atom stereocenters. The highest BCUT2D eigenvalue weighted by atomic mass is 19.4. The number of aromatic nitrogens is 4. The maximum Gasteiger partial charge on any atom is 0.416 e. The highest BCUT2D eigenvalue weighted by Crippen LogP contribution is 2.20. The SMILES string of the molecule is O=c1[nH]c2nc[nH]c2c(=O)n1CC(O)C(F)(F)F. The van der Waals surface area contributed by atoms with Gasteiger partial charge in [-0.25, -0.2) is 9.78 Å². The number of hydrogen-bond acceptors (Lipinski definition) is 4. The number of alkyl halides is 3. The summed E-state index contributed by atoms with van der Waals surface area (Å²) in [5.41, 5.74) is -2.23. The number of H-pyrrole nitrogens is 2. The molecule has 2 aromatic heterocycles. The number of hydrogen-bond donors (Lipinski definition) is 3. The first-order valence-corrected chi connectivity index (χ1v) is 4.71. The van der Waals surface area contributed by atoms with Gasteiger partial charge < -0.3 is 10.1 Å². The van der Waals surface area contributed by atoms with Gasteiger partial charge in [-0.05, 0) is 0 Å². The summed E-state index contributed by atoms with van der Waals surface area (Å²) in [7, 11) is 0. The fourth-order valence-electron chi connectivity index (χ4n) is 1.39. The van der Waals surface area contributed by atoms with E-state index in [1.165, 1.54) is 0 Å². The van der Waals surface area contributed by atoms with Crippen LogP contribution in [0.1, 0.15) is 0 Å². The second-order valence-electron chi connectivity index (χ2n) is 3.53. The summed E-state index contributed by atoms with van der Waals surface area (Å²) in [4.78, 5) is 31.2. The molecule has 0 fully saturated rings. The summed E-state index contributed by atoms with van der Waals surface area (Å²) >= 11 is 0. The maximum atomic E-state index is 12.2. The Morgan fingerprint density at radius 2 is 2.11 bits per heavy atom. The average molecular weight is 264 g/mol. The summed E-state index contributed by atoms with van der Waals surface area (Å²) in [6, 6.07) is 0. The van der Waals surface area contributed by atoms with Crippen LogP contribution in [0.3, 0.4) is 0 Å². The van der Waals surface area contributed by atoms with Crippen LogP contribution in [0.15, 0.2) is 15.9 Å². The number of aromatic amines is 2. The van der Waals surface area contributed by atoms with Gasteiger partial charge in [-0.15, -0.1) is 0 Å². The largest absolute Gasteiger partial charge is 0.416 e. The average Bonchev–Trinajstić information content (AvgIpc) is 2.70. The van der Waals surface area contributed by atoms with Gasteiger partial charge in [0.15, 0.2) is 11.8 Å². The predicted octanol–water partition coefficient (Wildman–Crippen LogP) is -0.664. The third kappa shape index (κ3) is 2.01. The lowest BCUT2D eigenvalue weighted by atomic mass is 10.3. The Hall–Kier alpha value is -2.10. The summed E-state index contributed by atoms with van der Waals surface area (Å²) in [6.07, 6.45) is -6.59. The molecule has 0 bridgehead atoms. The fourth-order valence-corrected chi connectivity index (χ4v) is 1.39. The number of halogens is 3. The van der Waals surface area contributed by atoms with E-state index in [0.717, 1.165) is 6.33 Å². The molecule has 0 amide bonds. The summed E-state index contributed by atoms with van der Waals surface area (Å²) < 4.78 is 36.7. The minimum Gasteiger partial charge on any atom is -0.382 e. The van der Waals surface area contributed by atoms with E-state index in [1.54, 1.807) is 0 Å². The van der Waals surface area contributed by atoms with Crippen LogP contribution < -0.4 is 11.2 Å². The van der Waals surface area contributed by atoms with Crippen molar-refractivity contribution in [2.24, 2.45) is 0 Å². The monoisotopic (exact) mass is 264 g/mol. The topological polar surface area (TPSA) is 104 Å². The Morgan fingerprint density at radius 1 is 1.44 bits per heavy atom. The molecule has 0 aromatic carbocycles. The first-order valence-electron chi connectivity index (χ1n) is 4.71. The lowest BCUT2D eigenvalue weighted by Crippen LogP contribution is -2.42. The van der Waals surface area contributed by atoms with Crippen LogP contribution >= 0.6 is 0 Å². The van der Waals surface area contributed by atoms with Crippen LogP contribution in [0, 0.1) is 0 Å². The maximum absolute atomic E-state index is 12.2. The van der Waals surface area contributed by atoms with E-state index < -0.39 is 30.1 Å². The molecule has 1 unspecified atom stereocenters. The number of nitrogens with zero attached hydrogens (tertiary/aromatic N) is 2. The van der Waals surface area contributed by atoms with Crippen LogP contribution in [0.25, 0.3) is 11.2 Å². The molecular weight excluding hydrogens is 257 g/mol. The van der Waals surface area contributed by atoms with Gasteiger partial charge in [0.1, 0.15) is 5.52 Å². The quantitative estimate of drug-likeness (QED) is 0.669. The zero-order valence-electron chi connectivity index (χ0n) is 8.65. The van der Waals surface area contributed by atoms with Gasteiger partial charge in [0.05, 0.1) is 12.9 Å². The Morgan fingerprint density at radius 3 is 2.72 bits per heavy atom. The summed E-state index contributed by atoms with van der Waals surface area (Å²) in [5, 5.41) is 8.85. The molecule has 2 rings (SSSR count). The zero-order chi connectivity index (χ0) is 13.5. The Kier molecular flexibility index (Phi) is 2.73. The van der Waals surface area contributed by atoms with E-state index in [-0.39, 0.29) is 15.7 Å². The van der Waals surface area contributed by atoms with Crippen molar-refractivity contribution in [3.63, 3.8) is 0 Å². The zero-order valence-corrected chi connectivity index (χ0v) is 8.65. The summed E-state index contributed by atoms with van der Waals surface area (Å²) in [6.45, 7) is -1.17. The molecule has 0 saturated carbocycles. The minimum absolute atomic E-state index is 0.0530. The van der Waals surface area contributed by atoms with Crippen LogP contribution in [0.4, 0.5) is 13.2 Å². The van der Waals surface area contributed by atoms with Gasteiger partial charge in [-0.2, -0.15) is 13.2 Å². The van der Waals surface area contributed by atoms with Crippen LogP contribution in [0.5, 0.6) is 0 Å². The Bertz CT molecular complexity index is 683. The molecule has 2 aromatic rings. The molecule has 18 heavy (non-hydrogen) atoms. The van der Waals surface area contributed by atoms with Crippen molar-refractivity contribution in [2.75, 3.05) is 0 Å². The Labute approximate surface area is 95.9 Å². The van der Waals surface area contributed by atoms with Gasteiger partial charge in [-0.3, -0.25) is 14.3 Å². The fraction of sp³-hybridized carbons (Fsp3) is 0.375. The van der Waals surface area contributed by atoms with E-state index in [9.17, 15) is 22.8 Å². The molecule has 2 heterocycles. The number of aliphatic hydroxyl groups is 1. The van der Waals surface area contributed by atoms with Crippen molar-refractivity contribution in [1.29, 1.82) is 0 Å². The lowest BCUT2D eigenvalue weighted by molar-refractivity contribution is -0.207. The van der Waals surface area contributed by atoms with Gasteiger partial charge in [0.2, 0.25) is 0 Å². The normalized spacial score (nSPS) is 14.0. The molecule has 7 nitrogen and oxygen atoms in total. The van der Waals surface area contributed by atoms with Crippen LogP contribution in [0.2, 0.25) is 0 Å². The molecule has 0 spiro atoms. The smallest absolute Gasteiger partial charge is 0.382 e. The van der Waals surface area contributed by atoms with Crippen molar-refractivity contribution in [3.8, 4) is 0 Å². The first kappa shape index (κ1) is 12.4. The van der Waals surface area contributed by atoms with E-state index in [4.69, 9.17) is 5.11 Å². The molecule has 0 aliphatic heterocycles. The third-order valence-electron chi connectivity index (χ3n) is 2.30. The first-order chi connectivity index (χ1) is 8.30. The molecule has 10 heteroatoms. The van der Waals surface area contributed by atoms with E-state index in [1.807, 2.05) is 0 Å². The molecule has 98 valence electrons. The van der Waals surface area contributed by atoms with Crippen molar-refractivity contribution >= 4 is 11.2 Å². The number of rotatable bonds is 2. The minimum atomic E-state index is -4.91. The van der Waals surface area contributed by atoms with E-state index in [0.29, 0.717) is 0 Å². The van der Waals surface area contributed by atoms with Crippen molar-refractivity contribution < 1.29 is 18.3 Å². The van der Waals surface area contributed by atoms with Crippen molar-refractivity contribution in [1.82, 2.24) is 19.5 Å². The molecule has 0 saturated heterocycles. The molecule has 0 aliphatic carbocycles. The number of nitrogens with one attached hydrogen (secondary N) is 2. The van der Waals surface area contributed by atoms with Gasteiger partial charge in [-0.1, -0.05) is 0 Å². The molecule has 3 N–H and O–H groups in total. The van der Waals surface area contributed by atoms with Crippen LogP contribution in [-0.4, -0.2) is 36.9 Å². The second-order valence-corrected chi connectivity index (χ2v) is 3.53. The highest BCUT2D eigenvalue weighted by Gasteiger charge is 2.39. The standard InChI is InChI=1S/C8H7F3N4O3/c9-8(10,11)3(16)1-15-6(17)4-5(13-2-12-4)14-7(15)18/h2-3,16H,1H2,(H,12,13)(H,14,18). The predicted molar refractivity (Wildman–Crippen MR) is 53.0 cm³/mol. The molecular formula is C8H7F3N4O3. The van der Waals surface area contributed by atoms with E-state index in [2.05, 4.69) is 15.0 Å². The third-order valence-corrected chi connectivity index (χ3v) is 2.30. The molecule has 0 radical (unpaired) electrons. The van der Waals surface area contributed by atoms with Gasteiger partial charge in [0, 0.05) is 0 Å². The Balaban J connectivity index is 2.52. The van der Waals surface area contributed by atoms with Gasteiger partial charge in [0.25, 0.3) is 5.56 Å². The molecule has 0 aliphatic rings. The number of imidazole rings is 1. The second kappa shape index (κ2) is 3.98. The van der Waals surface area contributed by atoms with Crippen molar-refractivity contribution in [3.05, 3.63) is 27.2 Å². The number of aliphatic hydroxyl groups excluding tert-OH is 1. The van der Waals surface area contributed by atoms with Gasteiger partial charge >= 0.3 is 11.9 Å². The lowest BCUT2D eigenvalue weighted by Gasteiger charge is -2.14. The summed E-state index contributed by atoms with van der Waals surface area (Å²) in [5.74, 6) is 0. The number of fused-ring (bicyclic) bond motifs is 1.